The molecule has 0 atom stereocenters. The molecule has 98 valence electrons. The maximum absolute atomic E-state index is 9.09. The van der Waals surface area contributed by atoms with Gasteiger partial charge in [-0.05, 0) is 30.3 Å². The zero-order valence-electron chi connectivity index (χ0n) is 10.6. The van der Waals surface area contributed by atoms with Crippen molar-refractivity contribution in [2.75, 3.05) is 7.11 Å². The smallest absolute Gasteiger partial charge is 0.145 e. The van der Waals surface area contributed by atoms with Crippen molar-refractivity contribution >= 4 is 15.9 Å². The number of benzene rings is 2. The number of hydrogen-bond acceptors (Lipinski definition) is 4. The van der Waals surface area contributed by atoms with Crippen LogP contribution >= 0.6 is 15.9 Å². The molecule has 2 rings (SSSR count). The van der Waals surface area contributed by atoms with Gasteiger partial charge in [0.1, 0.15) is 23.3 Å². The summed E-state index contributed by atoms with van der Waals surface area (Å²) in [5, 5.41) is 18.1. The monoisotopic (exact) mass is 328 g/mol. The van der Waals surface area contributed by atoms with Crippen LogP contribution in [0.5, 0.6) is 17.2 Å². The topological polar surface area (TPSA) is 66.0 Å². The van der Waals surface area contributed by atoms with Crippen molar-refractivity contribution in [3.05, 3.63) is 52.0 Å². The summed E-state index contributed by atoms with van der Waals surface area (Å²) in [5.41, 5.74) is 0.829. The van der Waals surface area contributed by atoms with Crippen molar-refractivity contribution in [3.63, 3.8) is 0 Å². The van der Waals surface area contributed by atoms with Crippen molar-refractivity contribution < 1.29 is 9.47 Å². The van der Waals surface area contributed by atoms with Gasteiger partial charge >= 0.3 is 0 Å². The molecule has 0 saturated heterocycles. The average Bonchev–Trinajstić information content (AvgIpc) is 2.48. The number of ether oxygens (including phenoxy) is 2. The van der Waals surface area contributed by atoms with Crippen molar-refractivity contribution in [1.82, 2.24) is 0 Å². The zero-order chi connectivity index (χ0) is 14.5. The van der Waals surface area contributed by atoms with Gasteiger partial charge in [0.25, 0.3) is 0 Å². The molecule has 0 unspecified atom stereocenters. The van der Waals surface area contributed by atoms with E-state index in [4.69, 9.17) is 20.0 Å². The molecule has 0 aliphatic heterocycles. The van der Waals surface area contributed by atoms with E-state index in [1.807, 2.05) is 6.07 Å². The Morgan fingerprint density at radius 1 is 1.00 bits per heavy atom. The number of rotatable bonds is 3. The summed E-state index contributed by atoms with van der Waals surface area (Å²) in [5.74, 6) is 1.39. The molecule has 0 aliphatic carbocycles. The van der Waals surface area contributed by atoms with Crippen LogP contribution in [0.2, 0.25) is 0 Å². The second-order valence-corrected chi connectivity index (χ2v) is 4.78. The van der Waals surface area contributed by atoms with Crippen molar-refractivity contribution in [1.29, 1.82) is 10.5 Å². The largest absolute Gasteiger partial charge is 0.497 e. The molecule has 20 heavy (non-hydrogen) atoms. The van der Waals surface area contributed by atoms with Crippen LogP contribution in [0.15, 0.2) is 40.9 Å². The molecule has 2 aromatic carbocycles. The Kier molecular flexibility index (Phi) is 4.24. The van der Waals surface area contributed by atoms with Crippen molar-refractivity contribution in [2.24, 2.45) is 0 Å². The Bertz CT molecular complexity index is 730. The van der Waals surface area contributed by atoms with Gasteiger partial charge < -0.3 is 9.47 Å². The van der Waals surface area contributed by atoms with Crippen LogP contribution in [0, 0.1) is 22.7 Å². The van der Waals surface area contributed by atoms with Gasteiger partial charge in [-0.1, -0.05) is 15.9 Å². The van der Waals surface area contributed by atoms with Crippen LogP contribution in [0.4, 0.5) is 0 Å². The Labute approximate surface area is 124 Å². The maximum atomic E-state index is 9.09. The van der Waals surface area contributed by atoms with E-state index < -0.39 is 0 Å². The average molecular weight is 329 g/mol. The lowest BCUT2D eigenvalue weighted by Gasteiger charge is -2.09. The Balaban J connectivity index is 2.40. The molecule has 2 aromatic rings. The van der Waals surface area contributed by atoms with Gasteiger partial charge in [-0.25, -0.2) is 0 Å². The Hall–Kier alpha value is -2.50. The van der Waals surface area contributed by atoms with Gasteiger partial charge in [-0.2, -0.15) is 10.5 Å². The SMILES string of the molecule is COc1cc(C#N)cc(Oc2ccc(Br)cc2C#N)c1. The lowest BCUT2D eigenvalue weighted by atomic mass is 10.2. The van der Waals surface area contributed by atoms with Gasteiger partial charge in [0.2, 0.25) is 0 Å². The molecular weight excluding hydrogens is 320 g/mol. The first kappa shape index (κ1) is 13.9. The minimum absolute atomic E-state index is 0.403. The summed E-state index contributed by atoms with van der Waals surface area (Å²) in [6, 6.07) is 14.1. The fraction of sp³-hybridized carbons (Fsp3) is 0.0667. The number of halogens is 1. The molecule has 0 N–H and O–H groups in total. The minimum atomic E-state index is 0.403. The summed E-state index contributed by atoms with van der Waals surface area (Å²) >= 11 is 3.30. The third kappa shape index (κ3) is 3.09. The minimum Gasteiger partial charge on any atom is -0.497 e. The first-order valence-electron chi connectivity index (χ1n) is 5.63. The van der Waals surface area contributed by atoms with Crippen molar-refractivity contribution in [3.8, 4) is 29.4 Å². The number of nitriles is 2. The van der Waals surface area contributed by atoms with Gasteiger partial charge in [0, 0.05) is 10.5 Å². The van der Waals surface area contributed by atoms with E-state index in [0.717, 1.165) is 4.47 Å². The molecule has 0 aromatic heterocycles. The molecule has 0 fully saturated rings. The van der Waals surface area contributed by atoms with E-state index in [0.29, 0.717) is 28.4 Å². The van der Waals surface area contributed by atoms with E-state index in [2.05, 4.69) is 22.0 Å². The summed E-state index contributed by atoms with van der Waals surface area (Å²) in [7, 11) is 1.51. The van der Waals surface area contributed by atoms with Gasteiger partial charge in [-0.3, -0.25) is 0 Å². The predicted molar refractivity (Wildman–Crippen MR) is 76.6 cm³/mol. The molecule has 0 bridgehead atoms. The van der Waals surface area contributed by atoms with Gasteiger partial charge in [0.15, 0.2) is 0 Å². The zero-order valence-corrected chi connectivity index (χ0v) is 12.1. The summed E-state index contributed by atoms with van der Waals surface area (Å²) < 4.78 is 11.6. The molecule has 4 nitrogen and oxygen atoms in total. The Morgan fingerprint density at radius 3 is 2.40 bits per heavy atom. The highest BCUT2D eigenvalue weighted by Crippen LogP contribution is 2.30. The van der Waals surface area contributed by atoms with Gasteiger partial charge in [0.05, 0.1) is 24.3 Å². The van der Waals surface area contributed by atoms with Crippen LogP contribution < -0.4 is 9.47 Å². The Morgan fingerprint density at radius 2 is 1.75 bits per heavy atom. The predicted octanol–water partition coefficient (Wildman–Crippen LogP) is 3.99. The molecule has 0 heterocycles. The van der Waals surface area contributed by atoms with E-state index in [1.165, 1.54) is 7.11 Å². The molecule has 0 spiro atoms. The number of nitrogens with zero attached hydrogens (tertiary/aromatic N) is 2. The van der Waals surface area contributed by atoms with Crippen LogP contribution in [-0.4, -0.2) is 7.11 Å². The van der Waals surface area contributed by atoms with Crippen LogP contribution in [0.25, 0.3) is 0 Å². The molecule has 0 aliphatic rings. The standard InChI is InChI=1S/C15H9BrN2O2/c1-19-13-4-10(8-17)5-14(7-13)20-15-3-2-12(16)6-11(15)9-18/h2-7H,1H3. The third-order valence-corrected chi connectivity index (χ3v) is 3.03. The van der Waals surface area contributed by atoms with Gasteiger partial charge in [-0.15, -0.1) is 0 Å². The maximum Gasteiger partial charge on any atom is 0.145 e. The van der Waals surface area contributed by atoms with Crippen LogP contribution in [-0.2, 0) is 0 Å². The molecular formula is C15H9BrN2O2. The van der Waals surface area contributed by atoms with E-state index in [1.54, 1.807) is 36.4 Å². The lowest BCUT2D eigenvalue weighted by molar-refractivity contribution is 0.408. The molecule has 0 saturated carbocycles. The highest BCUT2D eigenvalue weighted by molar-refractivity contribution is 9.10. The van der Waals surface area contributed by atoms with Crippen molar-refractivity contribution in [2.45, 2.75) is 0 Å². The quantitative estimate of drug-likeness (QED) is 0.854. The summed E-state index contributed by atoms with van der Waals surface area (Å²) in [6.07, 6.45) is 0. The normalized spacial score (nSPS) is 9.40. The fourth-order valence-corrected chi connectivity index (χ4v) is 1.98. The summed E-state index contributed by atoms with van der Waals surface area (Å²) in [4.78, 5) is 0. The molecule has 5 heteroatoms. The van der Waals surface area contributed by atoms with E-state index >= 15 is 0 Å². The second kappa shape index (κ2) is 6.10. The number of hydrogen-bond donors (Lipinski definition) is 0. The van der Waals surface area contributed by atoms with Crippen LogP contribution in [0.3, 0.4) is 0 Å². The number of methoxy groups -OCH3 is 1. The third-order valence-electron chi connectivity index (χ3n) is 2.53. The molecule has 0 radical (unpaired) electrons. The van der Waals surface area contributed by atoms with Crippen LogP contribution in [0.1, 0.15) is 11.1 Å². The summed E-state index contributed by atoms with van der Waals surface area (Å²) in [6.45, 7) is 0. The van der Waals surface area contributed by atoms with E-state index in [9.17, 15) is 0 Å². The van der Waals surface area contributed by atoms with E-state index in [-0.39, 0.29) is 0 Å². The first-order valence-corrected chi connectivity index (χ1v) is 6.42. The highest BCUT2D eigenvalue weighted by atomic mass is 79.9. The first-order chi connectivity index (χ1) is 9.66. The fourth-order valence-electron chi connectivity index (χ4n) is 1.62. The lowest BCUT2D eigenvalue weighted by Crippen LogP contribution is -1.91. The highest BCUT2D eigenvalue weighted by Gasteiger charge is 2.08. The molecule has 0 amide bonds. The second-order valence-electron chi connectivity index (χ2n) is 3.86.